The molecule has 0 bridgehead atoms. The van der Waals surface area contributed by atoms with Crippen LogP contribution in [0.1, 0.15) is 25.3 Å². The average Bonchev–Trinajstić information content (AvgIpc) is 2.97. The number of hydrogen-bond donors (Lipinski definition) is 1. The lowest BCUT2D eigenvalue weighted by molar-refractivity contribution is 0.0405. The Morgan fingerprint density at radius 2 is 2.22 bits per heavy atom. The van der Waals surface area contributed by atoms with Crippen LogP contribution in [0.15, 0.2) is 29.6 Å². The first kappa shape index (κ1) is 12.2. The molecule has 3 heteroatoms. The summed E-state index contributed by atoms with van der Waals surface area (Å²) in [5.74, 6) is 0. The third-order valence-corrected chi connectivity index (χ3v) is 4.77. The van der Waals surface area contributed by atoms with Crippen molar-refractivity contribution < 1.29 is 4.74 Å². The Hall–Kier alpha value is -0.900. The normalized spacial score (nSPS) is 25.7. The molecule has 3 atom stereocenters. The zero-order valence-electron chi connectivity index (χ0n) is 10.6. The molecule has 3 unspecified atom stereocenters. The molecule has 3 rings (SSSR count). The Bertz CT molecular complexity index is 536. The van der Waals surface area contributed by atoms with E-state index in [9.17, 15) is 0 Å². The zero-order chi connectivity index (χ0) is 12.5. The average molecular weight is 261 g/mol. The topological polar surface area (TPSA) is 35.2 Å². The first-order valence-corrected chi connectivity index (χ1v) is 7.48. The number of ether oxygens (including phenoxy) is 1. The fraction of sp³-hybridized carbons (Fsp3) is 0.467. The molecule has 2 N–H and O–H groups in total. The van der Waals surface area contributed by atoms with Crippen LogP contribution in [0.2, 0.25) is 0 Å². The molecule has 1 aliphatic rings. The Labute approximate surface area is 112 Å². The maximum atomic E-state index is 6.30. The van der Waals surface area contributed by atoms with Crippen LogP contribution in [0, 0.1) is 0 Å². The van der Waals surface area contributed by atoms with E-state index in [1.807, 2.05) is 0 Å². The van der Waals surface area contributed by atoms with Crippen molar-refractivity contribution >= 4 is 21.4 Å². The monoisotopic (exact) mass is 261 g/mol. The van der Waals surface area contributed by atoms with Gasteiger partial charge in [-0.05, 0) is 48.6 Å². The van der Waals surface area contributed by atoms with Crippen molar-refractivity contribution in [2.45, 2.75) is 44.4 Å². The summed E-state index contributed by atoms with van der Waals surface area (Å²) in [6, 6.07) is 8.66. The minimum Gasteiger partial charge on any atom is -0.374 e. The predicted octanol–water partition coefficient (Wildman–Crippen LogP) is 3.34. The fourth-order valence-electron chi connectivity index (χ4n) is 2.72. The van der Waals surface area contributed by atoms with E-state index in [1.165, 1.54) is 15.6 Å². The third-order valence-electron chi connectivity index (χ3n) is 3.76. The standard InChI is InChI=1S/C15H19NOS/c1-10-6-7-14(17-10)13(16)8-11-9-18-15-5-3-2-4-12(11)15/h2-5,9-10,13-14H,6-8,16H2,1H3. The molecule has 1 aromatic heterocycles. The van der Waals surface area contributed by atoms with Gasteiger partial charge in [0.2, 0.25) is 0 Å². The molecule has 2 heterocycles. The number of benzene rings is 1. The second-order valence-corrected chi connectivity index (χ2v) is 6.10. The maximum absolute atomic E-state index is 6.30. The van der Waals surface area contributed by atoms with Crippen molar-refractivity contribution in [3.63, 3.8) is 0 Å². The molecule has 0 spiro atoms. The Morgan fingerprint density at radius 3 is 3.00 bits per heavy atom. The predicted molar refractivity (Wildman–Crippen MR) is 77.1 cm³/mol. The second-order valence-electron chi connectivity index (χ2n) is 5.19. The zero-order valence-corrected chi connectivity index (χ0v) is 11.5. The van der Waals surface area contributed by atoms with Gasteiger partial charge < -0.3 is 10.5 Å². The van der Waals surface area contributed by atoms with Gasteiger partial charge >= 0.3 is 0 Å². The van der Waals surface area contributed by atoms with E-state index in [2.05, 4.69) is 36.6 Å². The van der Waals surface area contributed by atoms with Gasteiger partial charge in [-0.1, -0.05) is 18.2 Å². The minimum atomic E-state index is 0.118. The van der Waals surface area contributed by atoms with Gasteiger partial charge in [0.15, 0.2) is 0 Å². The van der Waals surface area contributed by atoms with E-state index in [1.54, 1.807) is 11.3 Å². The van der Waals surface area contributed by atoms with Crippen molar-refractivity contribution in [3.8, 4) is 0 Å². The van der Waals surface area contributed by atoms with Crippen molar-refractivity contribution in [1.82, 2.24) is 0 Å². The lowest BCUT2D eigenvalue weighted by atomic mass is 10.00. The number of fused-ring (bicyclic) bond motifs is 1. The molecule has 2 aromatic rings. The summed E-state index contributed by atoms with van der Waals surface area (Å²) in [5, 5.41) is 3.59. The van der Waals surface area contributed by atoms with Gasteiger partial charge in [0.1, 0.15) is 0 Å². The molecule has 1 fully saturated rings. The Balaban J connectivity index is 1.76. The maximum Gasteiger partial charge on any atom is 0.0733 e. The van der Waals surface area contributed by atoms with E-state index in [0.717, 1.165) is 19.3 Å². The molecule has 18 heavy (non-hydrogen) atoms. The minimum absolute atomic E-state index is 0.118. The van der Waals surface area contributed by atoms with Crippen LogP contribution >= 0.6 is 11.3 Å². The lowest BCUT2D eigenvalue weighted by Gasteiger charge is -2.19. The summed E-state index contributed by atoms with van der Waals surface area (Å²) in [6.45, 7) is 2.13. The molecule has 0 aliphatic carbocycles. The van der Waals surface area contributed by atoms with E-state index < -0.39 is 0 Å². The van der Waals surface area contributed by atoms with Gasteiger partial charge in [-0.25, -0.2) is 0 Å². The summed E-state index contributed by atoms with van der Waals surface area (Å²) in [4.78, 5) is 0. The van der Waals surface area contributed by atoms with Gasteiger partial charge in [0.25, 0.3) is 0 Å². The van der Waals surface area contributed by atoms with E-state index in [-0.39, 0.29) is 12.1 Å². The molecule has 0 amide bonds. The highest BCUT2D eigenvalue weighted by Gasteiger charge is 2.27. The molecular weight excluding hydrogens is 242 g/mol. The van der Waals surface area contributed by atoms with Crippen molar-refractivity contribution in [2.24, 2.45) is 5.73 Å². The number of hydrogen-bond acceptors (Lipinski definition) is 3. The molecule has 1 aliphatic heterocycles. The quantitative estimate of drug-likeness (QED) is 0.919. The summed E-state index contributed by atoms with van der Waals surface area (Å²) in [7, 11) is 0. The smallest absolute Gasteiger partial charge is 0.0733 e. The van der Waals surface area contributed by atoms with E-state index in [4.69, 9.17) is 10.5 Å². The lowest BCUT2D eigenvalue weighted by Crippen LogP contribution is -2.36. The Kier molecular flexibility index (Phi) is 3.37. The molecule has 1 saturated heterocycles. The van der Waals surface area contributed by atoms with Gasteiger partial charge in [0.05, 0.1) is 12.2 Å². The molecule has 0 radical (unpaired) electrons. The van der Waals surface area contributed by atoms with E-state index >= 15 is 0 Å². The van der Waals surface area contributed by atoms with Crippen LogP contribution in [-0.4, -0.2) is 18.2 Å². The van der Waals surface area contributed by atoms with Gasteiger partial charge in [-0.2, -0.15) is 0 Å². The second kappa shape index (κ2) is 5.00. The summed E-state index contributed by atoms with van der Waals surface area (Å²) >= 11 is 1.80. The van der Waals surface area contributed by atoms with Gasteiger partial charge in [-0.15, -0.1) is 11.3 Å². The fourth-order valence-corrected chi connectivity index (χ4v) is 3.70. The van der Waals surface area contributed by atoms with Gasteiger partial charge in [-0.3, -0.25) is 0 Å². The van der Waals surface area contributed by atoms with Crippen molar-refractivity contribution in [1.29, 1.82) is 0 Å². The highest BCUT2D eigenvalue weighted by molar-refractivity contribution is 7.17. The van der Waals surface area contributed by atoms with Crippen LogP contribution in [0.4, 0.5) is 0 Å². The molecule has 2 nitrogen and oxygen atoms in total. The summed E-state index contributed by atoms with van der Waals surface area (Å²) in [6.07, 6.45) is 3.77. The van der Waals surface area contributed by atoms with Gasteiger partial charge in [0, 0.05) is 10.7 Å². The van der Waals surface area contributed by atoms with Crippen molar-refractivity contribution in [3.05, 3.63) is 35.2 Å². The highest BCUT2D eigenvalue weighted by Crippen LogP contribution is 2.28. The third kappa shape index (κ3) is 2.30. The number of thiophene rings is 1. The summed E-state index contributed by atoms with van der Waals surface area (Å²) < 4.78 is 7.21. The van der Waals surface area contributed by atoms with Crippen molar-refractivity contribution in [2.75, 3.05) is 0 Å². The SMILES string of the molecule is CC1CCC(C(N)Cc2csc3ccccc23)O1. The number of rotatable bonds is 3. The van der Waals surface area contributed by atoms with Crippen LogP contribution in [0.25, 0.3) is 10.1 Å². The van der Waals surface area contributed by atoms with Crippen LogP contribution in [0.3, 0.4) is 0 Å². The van der Waals surface area contributed by atoms with Crippen LogP contribution in [-0.2, 0) is 11.2 Å². The van der Waals surface area contributed by atoms with Crippen LogP contribution < -0.4 is 5.73 Å². The summed E-state index contributed by atoms with van der Waals surface area (Å²) in [5.41, 5.74) is 7.67. The first-order valence-electron chi connectivity index (χ1n) is 6.60. The number of nitrogens with two attached hydrogens (primary N) is 1. The molecule has 96 valence electrons. The molecule has 0 saturated carbocycles. The largest absolute Gasteiger partial charge is 0.374 e. The molecular formula is C15H19NOS. The van der Waals surface area contributed by atoms with E-state index in [0.29, 0.717) is 6.10 Å². The first-order chi connectivity index (χ1) is 8.74. The van der Waals surface area contributed by atoms with Crippen LogP contribution in [0.5, 0.6) is 0 Å². The Morgan fingerprint density at radius 1 is 1.39 bits per heavy atom. The highest BCUT2D eigenvalue weighted by atomic mass is 32.1. The molecule has 1 aromatic carbocycles.